The van der Waals surface area contributed by atoms with E-state index in [1.807, 2.05) is 0 Å². The van der Waals surface area contributed by atoms with E-state index in [0.29, 0.717) is 34.3 Å². The molecule has 11 heteroatoms. The molecular weight excluding hydrogens is 443 g/mol. The Morgan fingerprint density at radius 2 is 1.94 bits per heavy atom. The smallest absolute Gasteiger partial charge is 0.416 e. The quantitative estimate of drug-likeness (QED) is 0.630. The first-order chi connectivity index (χ1) is 15.8. The van der Waals surface area contributed by atoms with Gasteiger partial charge in [-0.2, -0.15) is 13.2 Å². The number of rotatable bonds is 4. The van der Waals surface area contributed by atoms with Crippen LogP contribution in [0, 0.1) is 0 Å². The van der Waals surface area contributed by atoms with Crippen LogP contribution in [0.3, 0.4) is 0 Å². The molecule has 1 atom stereocenters. The molecule has 0 bridgehead atoms. The first kappa shape index (κ1) is 21.0. The van der Waals surface area contributed by atoms with Gasteiger partial charge in [0.05, 0.1) is 25.5 Å². The highest BCUT2D eigenvalue weighted by Crippen LogP contribution is 2.53. The number of alkyl halides is 3. The SMILES string of the molecule is COc1cc([C@H]2CC(=O)Nc3c2ncn3-c2cccc(C(F)(F)F)c2)c(OC)c2c1OCO2. The van der Waals surface area contributed by atoms with Gasteiger partial charge in [-0.3, -0.25) is 9.36 Å². The summed E-state index contributed by atoms with van der Waals surface area (Å²) in [7, 11) is 2.95. The average molecular weight is 461 g/mol. The van der Waals surface area contributed by atoms with Gasteiger partial charge in [0.25, 0.3) is 0 Å². The number of halogens is 3. The van der Waals surface area contributed by atoms with E-state index >= 15 is 0 Å². The number of aromatic nitrogens is 2. The monoisotopic (exact) mass is 461 g/mol. The van der Waals surface area contributed by atoms with Crippen LogP contribution in [0.25, 0.3) is 5.69 Å². The Morgan fingerprint density at radius 1 is 1.15 bits per heavy atom. The summed E-state index contributed by atoms with van der Waals surface area (Å²) in [4.78, 5) is 17.1. The van der Waals surface area contributed by atoms with E-state index in [-0.39, 0.29) is 30.6 Å². The Hall–Kier alpha value is -3.89. The van der Waals surface area contributed by atoms with Crippen molar-refractivity contribution in [2.45, 2.75) is 18.5 Å². The zero-order chi connectivity index (χ0) is 23.3. The van der Waals surface area contributed by atoms with Crippen molar-refractivity contribution < 1.29 is 36.9 Å². The summed E-state index contributed by atoms with van der Waals surface area (Å²) in [5.41, 5.74) is 0.480. The van der Waals surface area contributed by atoms with Crippen LogP contribution < -0.4 is 24.3 Å². The molecule has 0 saturated heterocycles. The molecule has 0 fully saturated rings. The molecule has 33 heavy (non-hydrogen) atoms. The molecular formula is C22H18F3N3O5. The number of amides is 1. The summed E-state index contributed by atoms with van der Waals surface area (Å²) in [6.07, 6.45) is -3.07. The second-order valence-electron chi connectivity index (χ2n) is 7.47. The second kappa shape index (κ2) is 7.61. The lowest BCUT2D eigenvalue weighted by Crippen LogP contribution is -2.25. The van der Waals surface area contributed by atoms with Gasteiger partial charge in [-0.1, -0.05) is 6.07 Å². The number of imidazole rings is 1. The van der Waals surface area contributed by atoms with E-state index in [1.165, 1.54) is 37.2 Å². The Kier molecular flexibility index (Phi) is 4.84. The summed E-state index contributed by atoms with van der Waals surface area (Å²) in [5, 5.41) is 2.74. The maximum Gasteiger partial charge on any atom is 0.416 e. The topological polar surface area (TPSA) is 83.8 Å². The molecule has 2 aliphatic heterocycles. The number of fused-ring (bicyclic) bond motifs is 2. The van der Waals surface area contributed by atoms with Crippen LogP contribution >= 0.6 is 0 Å². The van der Waals surface area contributed by atoms with Crippen molar-refractivity contribution in [2.24, 2.45) is 0 Å². The Labute approximate surface area is 185 Å². The second-order valence-corrected chi connectivity index (χ2v) is 7.47. The lowest BCUT2D eigenvalue weighted by molar-refractivity contribution is -0.137. The number of ether oxygens (including phenoxy) is 4. The number of benzene rings is 2. The molecule has 1 N–H and O–H groups in total. The fourth-order valence-electron chi connectivity index (χ4n) is 4.15. The van der Waals surface area contributed by atoms with Crippen molar-refractivity contribution in [2.75, 3.05) is 26.3 Å². The Balaban J connectivity index is 1.65. The minimum atomic E-state index is -4.50. The summed E-state index contributed by atoms with van der Waals surface area (Å²) in [6.45, 7) is -0.00785. The molecule has 172 valence electrons. The predicted octanol–water partition coefficient (Wildman–Crippen LogP) is 4.11. The van der Waals surface area contributed by atoms with E-state index in [0.717, 1.165) is 12.1 Å². The fourth-order valence-corrected chi connectivity index (χ4v) is 4.15. The highest BCUT2D eigenvalue weighted by molar-refractivity contribution is 5.94. The largest absolute Gasteiger partial charge is 0.493 e. The van der Waals surface area contributed by atoms with Crippen LogP contribution in [0.2, 0.25) is 0 Å². The molecule has 3 aromatic rings. The van der Waals surface area contributed by atoms with Gasteiger partial charge in [0, 0.05) is 23.6 Å². The Bertz CT molecular complexity index is 1250. The third-order valence-corrected chi connectivity index (χ3v) is 5.62. The zero-order valence-corrected chi connectivity index (χ0v) is 17.5. The van der Waals surface area contributed by atoms with E-state index in [4.69, 9.17) is 18.9 Å². The highest BCUT2D eigenvalue weighted by Gasteiger charge is 2.37. The van der Waals surface area contributed by atoms with Crippen LogP contribution in [0.1, 0.15) is 29.2 Å². The van der Waals surface area contributed by atoms with Crippen molar-refractivity contribution >= 4 is 11.7 Å². The first-order valence-electron chi connectivity index (χ1n) is 9.91. The summed E-state index contributed by atoms with van der Waals surface area (Å²) >= 11 is 0. The number of hydrogen-bond donors (Lipinski definition) is 1. The number of carbonyl (C=O) groups excluding carboxylic acids is 1. The molecule has 1 aromatic heterocycles. The van der Waals surface area contributed by atoms with Crippen molar-refractivity contribution in [3.63, 3.8) is 0 Å². The van der Waals surface area contributed by atoms with Gasteiger partial charge in [0.2, 0.25) is 24.2 Å². The van der Waals surface area contributed by atoms with Crippen molar-refractivity contribution in [1.29, 1.82) is 0 Å². The highest BCUT2D eigenvalue weighted by atomic mass is 19.4. The molecule has 3 heterocycles. The van der Waals surface area contributed by atoms with E-state index in [1.54, 1.807) is 6.07 Å². The first-order valence-corrected chi connectivity index (χ1v) is 9.91. The van der Waals surface area contributed by atoms with Gasteiger partial charge in [0.15, 0.2) is 11.5 Å². The molecule has 5 rings (SSSR count). The predicted molar refractivity (Wildman–Crippen MR) is 109 cm³/mol. The van der Waals surface area contributed by atoms with Gasteiger partial charge in [0.1, 0.15) is 12.1 Å². The van der Waals surface area contributed by atoms with Crippen LogP contribution in [0.15, 0.2) is 36.7 Å². The molecule has 2 aliphatic rings. The minimum absolute atomic E-state index is 0.00785. The minimum Gasteiger partial charge on any atom is -0.493 e. The van der Waals surface area contributed by atoms with Gasteiger partial charge >= 0.3 is 6.18 Å². The van der Waals surface area contributed by atoms with Crippen LogP contribution in [-0.4, -0.2) is 36.5 Å². The summed E-state index contributed by atoms with van der Waals surface area (Å²) < 4.78 is 63.1. The van der Waals surface area contributed by atoms with Crippen LogP contribution in [0.4, 0.5) is 19.0 Å². The van der Waals surface area contributed by atoms with E-state index in [9.17, 15) is 18.0 Å². The van der Waals surface area contributed by atoms with Gasteiger partial charge < -0.3 is 24.3 Å². The molecule has 0 saturated carbocycles. The summed E-state index contributed by atoms with van der Waals surface area (Å²) in [5.74, 6) is 0.948. The summed E-state index contributed by atoms with van der Waals surface area (Å²) in [6, 6.07) is 6.50. The molecule has 2 aromatic carbocycles. The molecule has 0 aliphatic carbocycles. The third-order valence-electron chi connectivity index (χ3n) is 5.62. The van der Waals surface area contributed by atoms with Crippen molar-refractivity contribution in [3.05, 3.63) is 53.5 Å². The maximum absolute atomic E-state index is 13.2. The lowest BCUT2D eigenvalue weighted by atomic mass is 9.88. The molecule has 8 nitrogen and oxygen atoms in total. The third kappa shape index (κ3) is 3.40. The fraction of sp³-hybridized carbons (Fsp3) is 0.273. The lowest BCUT2D eigenvalue weighted by Gasteiger charge is -2.25. The van der Waals surface area contributed by atoms with Gasteiger partial charge in [-0.05, 0) is 24.3 Å². The van der Waals surface area contributed by atoms with E-state index in [2.05, 4.69) is 10.3 Å². The standard InChI is InChI=1S/C22H18F3N3O5/c1-30-15-7-14(18(31-2)20-19(15)32-10-33-20)13-8-16(29)27-21-17(13)26-9-28(21)12-5-3-4-11(6-12)22(23,24)25/h3-7,9,13H,8,10H2,1-2H3,(H,27,29)/t13-/m1/s1. The molecule has 0 unspecified atom stereocenters. The maximum atomic E-state index is 13.2. The molecule has 0 spiro atoms. The van der Waals surface area contributed by atoms with Gasteiger partial charge in [-0.25, -0.2) is 4.98 Å². The number of hydrogen-bond acceptors (Lipinski definition) is 6. The normalized spacial score (nSPS) is 16.9. The number of nitrogens with one attached hydrogen (secondary N) is 1. The van der Waals surface area contributed by atoms with Gasteiger partial charge in [-0.15, -0.1) is 0 Å². The zero-order valence-electron chi connectivity index (χ0n) is 17.5. The Morgan fingerprint density at radius 3 is 2.67 bits per heavy atom. The number of carbonyl (C=O) groups is 1. The average Bonchev–Trinajstić information content (AvgIpc) is 3.44. The van der Waals surface area contributed by atoms with E-state index < -0.39 is 17.7 Å². The van der Waals surface area contributed by atoms with Crippen molar-refractivity contribution in [3.8, 4) is 28.7 Å². The number of nitrogens with zero attached hydrogens (tertiary/aromatic N) is 2. The number of methoxy groups -OCH3 is 2. The van der Waals surface area contributed by atoms with Crippen LogP contribution in [0.5, 0.6) is 23.0 Å². The van der Waals surface area contributed by atoms with Crippen LogP contribution in [-0.2, 0) is 11.0 Å². The van der Waals surface area contributed by atoms with Crippen molar-refractivity contribution in [1.82, 2.24) is 9.55 Å². The molecule has 1 amide bonds. The number of anilines is 1. The molecule has 0 radical (unpaired) electrons.